The molecule has 41 heavy (non-hydrogen) atoms. The largest absolute Gasteiger partial charge is 0.504 e. The number of likely N-dealkylation sites (N-methyl/N-ethyl adjacent to an activating group) is 1. The van der Waals surface area contributed by atoms with E-state index in [9.17, 15) is 14.3 Å². The van der Waals surface area contributed by atoms with Crippen LogP contribution < -0.4 is 15.5 Å². The lowest BCUT2D eigenvalue weighted by atomic mass is 9.98. The fourth-order valence-corrected chi connectivity index (χ4v) is 5.19. The number of aromatic hydroxyl groups is 1. The molecule has 0 radical (unpaired) electrons. The molecule has 1 saturated heterocycles. The molecular formula is C29H30Cl4FN5O2. The first-order chi connectivity index (χ1) is 18.4. The number of nitrogens with one attached hydrogen (secondary N) is 2. The third-order valence-electron chi connectivity index (χ3n) is 7.37. The summed E-state index contributed by atoms with van der Waals surface area (Å²) < 4.78 is 14.2. The predicted molar refractivity (Wildman–Crippen MR) is 170 cm³/mol. The second-order valence-corrected chi connectivity index (χ2v) is 10.4. The Morgan fingerprint density at radius 3 is 2.44 bits per heavy atom. The van der Waals surface area contributed by atoms with E-state index in [-0.39, 0.29) is 53.9 Å². The number of Topliss-reactive ketones (excluding diaryl/α,β-unsaturated/α-hetero) is 1. The molecule has 6 rings (SSSR count). The number of halogens is 5. The van der Waals surface area contributed by atoms with Crippen molar-refractivity contribution >= 4 is 82.7 Å². The van der Waals surface area contributed by atoms with Crippen LogP contribution in [-0.2, 0) is 0 Å². The van der Waals surface area contributed by atoms with Crippen molar-refractivity contribution in [1.82, 2.24) is 15.3 Å². The first kappa shape index (κ1) is 32.6. The highest BCUT2D eigenvalue weighted by molar-refractivity contribution is 6.32. The maximum Gasteiger partial charge on any atom is 0.170 e. The van der Waals surface area contributed by atoms with Crippen LogP contribution in [0.15, 0.2) is 54.9 Å². The summed E-state index contributed by atoms with van der Waals surface area (Å²) >= 11 is 6.04. The summed E-state index contributed by atoms with van der Waals surface area (Å²) in [6, 6.07) is 12.7. The number of pyridine rings is 2. The third kappa shape index (κ3) is 6.63. The minimum absolute atomic E-state index is 0. The summed E-state index contributed by atoms with van der Waals surface area (Å²) in [4.78, 5) is 24.7. The van der Waals surface area contributed by atoms with Crippen molar-refractivity contribution in [2.75, 3.05) is 30.4 Å². The van der Waals surface area contributed by atoms with E-state index in [0.29, 0.717) is 33.9 Å². The average Bonchev–Trinajstić information content (AvgIpc) is 3.68. The van der Waals surface area contributed by atoms with Gasteiger partial charge in [-0.1, -0.05) is 17.7 Å². The Labute approximate surface area is 261 Å². The summed E-state index contributed by atoms with van der Waals surface area (Å²) in [6.45, 7) is 1.86. The summed E-state index contributed by atoms with van der Waals surface area (Å²) in [5, 5.41) is 17.2. The van der Waals surface area contributed by atoms with Crippen molar-refractivity contribution in [3.63, 3.8) is 0 Å². The molecule has 0 spiro atoms. The topological polar surface area (TPSA) is 90.4 Å². The van der Waals surface area contributed by atoms with E-state index >= 15 is 0 Å². The molecule has 4 aromatic rings. The Morgan fingerprint density at radius 1 is 1.02 bits per heavy atom. The van der Waals surface area contributed by atoms with Crippen LogP contribution >= 0.6 is 48.8 Å². The van der Waals surface area contributed by atoms with Gasteiger partial charge in [-0.2, -0.15) is 0 Å². The molecule has 1 aliphatic carbocycles. The van der Waals surface area contributed by atoms with E-state index in [0.717, 1.165) is 49.2 Å². The molecule has 12 heteroatoms. The molecule has 0 amide bonds. The molecule has 3 heterocycles. The smallest absolute Gasteiger partial charge is 0.170 e. The van der Waals surface area contributed by atoms with E-state index in [2.05, 4.69) is 25.5 Å². The molecule has 7 nitrogen and oxygen atoms in total. The fourth-order valence-electron chi connectivity index (χ4n) is 4.99. The average molecular weight is 641 g/mol. The van der Waals surface area contributed by atoms with Crippen molar-refractivity contribution in [3.05, 3.63) is 71.3 Å². The van der Waals surface area contributed by atoms with Gasteiger partial charge in [-0.15, -0.1) is 37.2 Å². The number of carbonyl (C=O) groups excluding carboxylic acids is 1. The molecule has 2 aliphatic rings. The van der Waals surface area contributed by atoms with Gasteiger partial charge in [0.15, 0.2) is 17.3 Å². The monoisotopic (exact) mass is 639 g/mol. The zero-order valence-corrected chi connectivity index (χ0v) is 25.3. The number of rotatable bonds is 7. The number of aromatic nitrogens is 2. The summed E-state index contributed by atoms with van der Waals surface area (Å²) in [5.41, 5.74) is 3.79. The summed E-state index contributed by atoms with van der Waals surface area (Å²) in [7, 11) is 1.98. The van der Waals surface area contributed by atoms with E-state index in [1.165, 1.54) is 12.1 Å². The summed E-state index contributed by atoms with van der Waals surface area (Å²) in [6.07, 6.45) is 6.24. The molecular weight excluding hydrogens is 611 g/mol. The van der Waals surface area contributed by atoms with Gasteiger partial charge in [-0.05, 0) is 73.8 Å². The molecule has 0 bridgehead atoms. The van der Waals surface area contributed by atoms with Crippen LogP contribution in [0.4, 0.5) is 21.6 Å². The lowest BCUT2D eigenvalue weighted by Crippen LogP contribution is -2.29. The van der Waals surface area contributed by atoms with Crippen LogP contribution in [0.2, 0.25) is 5.02 Å². The molecule has 1 saturated carbocycles. The highest BCUT2D eigenvalue weighted by atomic mass is 35.5. The maximum absolute atomic E-state index is 14.2. The Bertz CT molecular complexity index is 1530. The van der Waals surface area contributed by atoms with Gasteiger partial charge in [0.2, 0.25) is 0 Å². The van der Waals surface area contributed by atoms with Crippen molar-refractivity contribution in [2.24, 2.45) is 5.92 Å². The van der Waals surface area contributed by atoms with Gasteiger partial charge in [-0.25, -0.2) is 9.37 Å². The summed E-state index contributed by atoms with van der Waals surface area (Å²) in [5.74, 6) is -0.393. The van der Waals surface area contributed by atoms with Gasteiger partial charge in [0.1, 0.15) is 5.82 Å². The molecule has 218 valence electrons. The number of anilines is 3. The van der Waals surface area contributed by atoms with Crippen LogP contribution in [0.5, 0.6) is 5.75 Å². The zero-order chi connectivity index (χ0) is 26.4. The number of hydrogen-bond donors (Lipinski definition) is 3. The Morgan fingerprint density at radius 2 is 1.80 bits per heavy atom. The number of hydrogen-bond acceptors (Lipinski definition) is 7. The zero-order valence-electron chi connectivity index (χ0n) is 22.1. The Hall–Kier alpha value is -2.88. The van der Waals surface area contributed by atoms with E-state index in [1.807, 2.05) is 37.4 Å². The van der Waals surface area contributed by atoms with Crippen molar-refractivity contribution in [1.29, 1.82) is 0 Å². The lowest BCUT2D eigenvalue weighted by Gasteiger charge is -2.19. The Balaban J connectivity index is 0.00000154. The molecule has 2 fully saturated rings. The SMILES string of the molecule is CNC1CCN(c2ccc(Nc3c(C(=O)C4CC4)cnc4ccc(-c5cc(F)c(O)c(Cl)c5)cc34)cn2)C1.Cl.Cl.Cl. The minimum Gasteiger partial charge on any atom is -0.504 e. The molecule has 2 aromatic carbocycles. The number of nitrogens with zero attached hydrogens (tertiary/aromatic N) is 3. The van der Waals surface area contributed by atoms with Gasteiger partial charge in [0.05, 0.1) is 33.7 Å². The van der Waals surface area contributed by atoms with Gasteiger partial charge in [0.25, 0.3) is 0 Å². The molecule has 1 aliphatic heterocycles. The number of phenolic OH excluding ortho intramolecular Hbond substituents is 1. The Kier molecular flexibility index (Phi) is 10.7. The quantitative estimate of drug-likeness (QED) is 0.184. The molecule has 1 unspecified atom stereocenters. The maximum atomic E-state index is 14.2. The van der Waals surface area contributed by atoms with Crippen LogP contribution in [0.1, 0.15) is 29.6 Å². The molecule has 2 aromatic heterocycles. The van der Waals surface area contributed by atoms with E-state index in [4.69, 9.17) is 11.6 Å². The fraction of sp³-hybridized carbons (Fsp3) is 0.276. The second kappa shape index (κ2) is 13.4. The predicted octanol–water partition coefficient (Wildman–Crippen LogP) is 7.19. The number of carbonyl (C=O) groups is 1. The molecule has 3 N–H and O–H groups in total. The number of benzene rings is 2. The van der Waals surface area contributed by atoms with Crippen molar-refractivity contribution < 1.29 is 14.3 Å². The van der Waals surface area contributed by atoms with E-state index in [1.54, 1.807) is 12.4 Å². The van der Waals surface area contributed by atoms with Gasteiger partial charge >= 0.3 is 0 Å². The molecule has 1 atom stereocenters. The number of ketones is 1. The number of fused-ring (bicyclic) bond motifs is 1. The lowest BCUT2D eigenvalue weighted by molar-refractivity contribution is 0.0968. The third-order valence-corrected chi connectivity index (χ3v) is 7.66. The van der Waals surface area contributed by atoms with Crippen LogP contribution in [0.3, 0.4) is 0 Å². The van der Waals surface area contributed by atoms with Crippen LogP contribution in [-0.4, -0.2) is 47.0 Å². The van der Waals surface area contributed by atoms with Crippen molar-refractivity contribution in [2.45, 2.75) is 25.3 Å². The van der Waals surface area contributed by atoms with E-state index < -0.39 is 11.6 Å². The standard InChI is InChI=1S/C29H27ClFN5O2.3ClH/c1-32-20-8-9-36(15-20)26-7-5-19(13-34-26)35-27-21-10-17(18-11-23(30)29(38)24(31)12-18)4-6-25(21)33-14-22(27)28(37)16-2-3-16;;;/h4-7,10-14,16,20,32,38H,2-3,8-9,15H2,1H3,(H,33,35);3*1H. The highest BCUT2D eigenvalue weighted by Crippen LogP contribution is 2.39. The van der Waals surface area contributed by atoms with Crippen LogP contribution in [0, 0.1) is 11.7 Å². The first-order valence-electron chi connectivity index (χ1n) is 12.7. The van der Waals surface area contributed by atoms with Gasteiger partial charge < -0.3 is 20.6 Å². The van der Waals surface area contributed by atoms with Crippen LogP contribution in [0.25, 0.3) is 22.0 Å². The normalized spacial score (nSPS) is 16.0. The van der Waals surface area contributed by atoms with Gasteiger partial charge in [-0.3, -0.25) is 9.78 Å². The van der Waals surface area contributed by atoms with Crippen molar-refractivity contribution in [3.8, 4) is 16.9 Å². The first-order valence-corrected chi connectivity index (χ1v) is 13.1. The highest BCUT2D eigenvalue weighted by Gasteiger charge is 2.32. The minimum atomic E-state index is -0.799. The second-order valence-electron chi connectivity index (χ2n) is 9.96. The van der Waals surface area contributed by atoms with Gasteiger partial charge in [0, 0.05) is 36.6 Å². The number of phenols is 1.